The van der Waals surface area contributed by atoms with E-state index in [1.165, 1.54) is 38.2 Å². The topological polar surface area (TPSA) is 26.3 Å². The summed E-state index contributed by atoms with van der Waals surface area (Å²) in [5.41, 5.74) is 0. The standard InChI is InChI=1S/C17H24O2/c1-2-3-4-5-6-7-8-12-15-17(18)19-16-13-10-9-11-14-16/h9-15H,2-8H2,1H3/b15-12+. The second kappa shape index (κ2) is 10.4. The van der Waals surface area contributed by atoms with E-state index in [9.17, 15) is 4.79 Å². The highest BCUT2D eigenvalue weighted by molar-refractivity contribution is 5.83. The van der Waals surface area contributed by atoms with Gasteiger partial charge in [-0.05, 0) is 25.0 Å². The Morgan fingerprint density at radius 1 is 1.05 bits per heavy atom. The van der Waals surface area contributed by atoms with Crippen molar-refractivity contribution in [3.8, 4) is 5.75 Å². The van der Waals surface area contributed by atoms with Crippen LogP contribution in [0, 0.1) is 0 Å². The zero-order valence-corrected chi connectivity index (χ0v) is 11.8. The zero-order valence-electron chi connectivity index (χ0n) is 11.8. The summed E-state index contributed by atoms with van der Waals surface area (Å²) in [5.74, 6) is 0.300. The van der Waals surface area contributed by atoms with Gasteiger partial charge < -0.3 is 4.74 Å². The highest BCUT2D eigenvalue weighted by atomic mass is 16.5. The minimum atomic E-state index is -0.294. The van der Waals surface area contributed by atoms with Crippen molar-refractivity contribution in [3.63, 3.8) is 0 Å². The quantitative estimate of drug-likeness (QED) is 0.273. The molecular weight excluding hydrogens is 236 g/mol. The van der Waals surface area contributed by atoms with Gasteiger partial charge in [0, 0.05) is 6.08 Å². The molecule has 104 valence electrons. The molecule has 2 heteroatoms. The summed E-state index contributed by atoms with van der Waals surface area (Å²) in [5, 5.41) is 0. The zero-order chi connectivity index (χ0) is 13.8. The number of unbranched alkanes of at least 4 members (excludes halogenated alkanes) is 6. The van der Waals surface area contributed by atoms with Crippen LogP contribution in [0.3, 0.4) is 0 Å². The van der Waals surface area contributed by atoms with E-state index in [4.69, 9.17) is 4.74 Å². The van der Waals surface area contributed by atoms with Gasteiger partial charge in [-0.3, -0.25) is 0 Å². The van der Waals surface area contributed by atoms with Crippen molar-refractivity contribution >= 4 is 5.97 Å². The van der Waals surface area contributed by atoms with Crippen LogP contribution in [0.4, 0.5) is 0 Å². The molecule has 19 heavy (non-hydrogen) atoms. The van der Waals surface area contributed by atoms with E-state index in [0.717, 1.165) is 12.8 Å². The number of hydrogen-bond acceptors (Lipinski definition) is 2. The summed E-state index contributed by atoms with van der Waals surface area (Å²) in [6, 6.07) is 9.15. The first-order valence-corrected chi connectivity index (χ1v) is 7.26. The van der Waals surface area contributed by atoms with Gasteiger partial charge in [0.2, 0.25) is 0 Å². The molecule has 0 bridgehead atoms. The van der Waals surface area contributed by atoms with Crippen molar-refractivity contribution in [3.05, 3.63) is 42.5 Å². The average Bonchev–Trinajstić information content (AvgIpc) is 2.43. The van der Waals surface area contributed by atoms with Gasteiger partial charge in [0.15, 0.2) is 0 Å². The summed E-state index contributed by atoms with van der Waals surface area (Å²) < 4.78 is 5.15. The molecule has 0 aliphatic rings. The Balaban J connectivity index is 2.07. The molecule has 0 spiro atoms. The Morgan fingerprint density at radius 3 is 2.47 bits per heavy atom. The fraction of sp³-hybridized carbons (Fsp3) is 0.471. The van der Waals surface area contributed by atoms with Gasteiger partial charge in [-0.2, -0.15) is 0 Å². The molecule has 0 aliphatic heterocycles. The molecule has 2 nitrogen and oxygen atoms in total. The average molecular weight is 260 g/mol. The summed E-state index contributed by atoms with van der Waals surface area (Å²) >= 11 is 0. The number of benzene rings is 1. The van der Waals surface area contributed by atoms with E-state index >= 15 is 0 Å². The maximum atomic E-state index is 11.5. The highest BCUT2D eigenvalue weighted by Gasteiger charge is 1.98. The Kier molecular flexibility index (Phi) is 8.45. The Bertz CT molecular complexity index is 368. The molecular formula is C17H24O2. The highest BCUT2D eigenvalue weighted by Crippen LogP contribution is 2.09. The lowest BCUT2D eigenvalue weighted by atomic mass is 10.1. The molecule has 0 fully saturated rings. The Labute approximate surface area is 116 Å². The first kappa shape index (κ1) is 15.5. The van der Waals surface area contributed by atoms with Gasteiger partial charge in [0.05, 0.1) is 0 Å². The minimum absolute atomic E-state index is 0.294. The van der Waals surface area contributed by atoms with E-state index in [0.29, 0.717) is 5.75 Å². The number of allylic oxidation sites excluding steroid dienone is 1. The normalized spacial score (nSPS) is 10.8. The molecule has 0 N–H and O–H groups in total. The van der Waals surface area contributed by atoms with Crippen LogP contribution < -0.4 is 4.74 Å². The van der Waals surface area contributed by atoms with Crippen LogP contribution in [0.1, 0.15) is 51.9 Å². The predicted molar refractivity (Wildman–Crippen MR) is 79.2 cm³/mol. The van der Waals surface area contributed by atoms with Gasteiger partial charge in [-0.15, -0.1) is 0 Å². The van der Waals surface area contributed by atoms with Gasteiger partial charge in [-0.25, -0.2) is 4.79 Å². The lowest BCUT2D eigenvalue weighted by molar-refractivity contribution is -0.129. The molecule has 0 aliphatic carbocycles. The molecule has 0 saturated heterocycles. The molecule has 0 unspecified atom stereocenters. The third kappa shape index (κ3) is 8.20. The van der Waals surface area contributed by atoms with Crippen molar-refractivity contribution in [2.24, 2.45) is 0 Å². The number of carbonyl (C=O) groups excluding carboxylic acids is 1. The SMILES string of the molecule is CCCCCCCC/C=C/C(=O)Oc1ccccc1. The third-order valence-corrected chi connectivity index (χ3v) is 2.94. The predicted octanol–water partition coefficient (Wildman–Crippen LogP) is 4.90. The second-order valence-electron chi connectivity index (χ2n) is 4.69. The third-order valence-electron chi connectivity index (χ3n) is 2.94. The molecule has 0 amide bonds. The van der Waals surface area contributed by atoms with Crippen molar-refractivity contribution in [2.75, 3.05) is 0 Å². The van der Waals surface area contributed by atoms with E-state index in [1.54, 1.807) is 12.1 Å². The van der Waals surface area contributed by atoms with E-state index in [1.807, 2.05) is 24.3 Å². The number of hydrogen-bond donors (Lipinski definition) is 0. The van der Waals surface area contributed by atoms with Crippen LogP contribution in [0.5, 0.6) is 5.75 Å². The van der Waals surface area contributed by atoms with E-state index in [-0.39, 0.29) is 5.97 Å². The fourth-order valence-corrected chi connectivity index (χ4v) is 1.86. The van der Waals surface area contributed by atoms with Crippen molar-refractivity contribution in [1.29, 1.82) is 0 Å². The number of para-hydroxylation sites is 1. The van der Waals surface area contributed by atoms with Crippen LogP contribution in [0.15, 0.2) is 42.5 Å². The summed E-state index contributed by atoms with van der Waals surface area (Å²) in [4.78, 5) is 11.5. The van der Waals surface area contributed by atoms with Gasteiger partial charge in [-0.1, -0.05) is 63.3 Å². The lowest BCUT2D eigenvalue weighted by Gasteiger charge is -2.00. The number of ether oxygens (including phenoxy) is 1. The molecule has 0 atom stereocenters. The molecule has 0 saturated carbocycles. The lowest BCUT2D eigenvalue weighted by Crippen LogP contribution is -2.03. The molecule has 1 aromatic carbocycles. The van der Waals surface area contributed by atoms with Crippen LogP contribution in [-0.4, -0.2) is 5.97 Å². The van der Waals surface area contributed by atoms with Crippen LogP contribution in [0.2, 0.25) is 0 Å². The van der Waals surface area contributed by atoms with Crippen molar-refractivity contribution in [1.82, 2.24) is 0 Å². The molecule has 1 rings (SSSR count). The van der Waals surface area contributed by atoms with E-state index < -0.39 is 0 Å². The van der Waals surface area contributed by atoms with Gasteiger partial charge in [0.1, 0.15) is 5.75 Å². The summed E-state index contributed by atoms with van der Waals surface area (Å²) in [6.45, 7) is 2.22. The molecule has 0 radical (unpaired) electrons. The fourth-order valence-electron chi connectivity index (χ4n) is 1.86. The first-order chi connectivity index (χ1) is 9.33. The Morgan fingerprint density at radius 2 is 1.74 bits per heavy atom. The van der Waals surface area contributed by atoms with E-state index in [2.05, 4.69) is 6.92 Å². The maximum Gasteiger partial charge on any atom is 0.335 e. The summed E-state index contributed by atoms with van der Waals surface area (Å²) in [7, 11) is 0. The van der Waals surface area contributed by atoms with Crippen LogP contribution >= 0.6 is 0 Å². The smallest absolute Gasteiger partial charge is 0.335 e. The Hall–Kier alpha value is -1.57. The molecule has 0 aromatic heterocycles. The number of rotatable bonds is 9. The van der Waals surface area contributed by atoms with Gasteiger partial charge in [0.25, 0.3) is 0 Å². The van der Waals surface area contributed by atoms with Crippen LogP contribution in [-0.2, 0) is 4.79 Å². The van der Waals surface area contributed by atoms with Gasteiger partial charge >= 0.3 is 5.97 Å². The second-order valence-corrected chi connectivity index (χ2v) is 4.69. The maximum absolute atomic E-state index is 11.5. The minimum Gasteiger partial charge on any atom is -0.423 e. The monoisotopic (exact) mass is 260 g/mol. The largest absolute Gasteiger partial charge is 0.423 e. The first-order valence-electron chi connectivity index (χ1n) is 7.26. The number of esters is 1. The van der Waals surface area contributed by atoms with Crippen molar-refractivity contribution < 1.29 is 9.53 Å². The molecule has 0 heterocycles. The summed E-state index contributed by atoms with van der Waals surface area (Å²) in [6.07, 6.45) is 12.0. The van der Waals surface area contributed by atoms with Crippen LogP contribution in [0.25, 0.3) is 0 Å². The number of carbonyl (C=O) groups is 1. The van der Waals surface area contributed by atoms with Crippen molar-refractivity contribution in [2.45, 2.75) is 51.9 Å². The molecule has 1 aromatic rings.